The Bertz CT molecular complexity index is 1280. The molecule has 0 spiro atoms. The maximum absolute atomic E-state index is 13.0. The number of amides is 1. The standard InChI is InChI=1S/C28H29N3O3/c1-20(21-10-4-3-5-11-21)31-19-22(18-27(31)32)28-29-23-12-6-7-13-24(23)30(28)16-17-34-26-15-9-8-14-25(26)33-2/h3-15,20,22H,16-19H2,1-2H3. The molecule has 2 heterocycles. The van der Waals surface area contributed by atoms with Crippen LogP contribution in [0.2, 0.25) is 0 Å². The number of hydrogen-bond donors (Lipinski definition) is 0. The summed E-state index contributed by atoms with van der Waals surface area (Å²) in [6.45, 7) is 3.86. The minimum absolute atomic E-state index is 0.0328. The number of methoxy groups -OCH3 is 1. The summed E-state index contributed by atoms with van der Waals surface area (Å²) in [5.74, 6) is 2.59. The quantitative estimate of drug-likeness (QED) is 0.366. The van der Waals surface area contributed by atoms with E-state index in [0.717, 1.165) is 28.2 Å². The van der Waals surface area contributed by atoms with Crippen molar-refractivity contribution in [1.82, 2.24) is 14.5 Å². The highest BCUT2D eigenvalue weighted by molar-refractivity contribution is 5.81. The van der Waals surface area contributed by atoms with Crippen LogP contribution in [0.15, 0.2) is 78.9 Å². The van der Waals surface area contributed by atoms with Crippen molar-refractivity contribution in [2.45, 2.75) is 31.8 Å². The Labute approximate surface area is 199 Å². The van der Waals surface area contributed by atoms with E-state index < -0.39 is 0 Å². The van der Waals surface area contributed by atoms with Crippen LogP contribution >= 0.6 is 0 Å². The van der Waals surface area contributed by atoms with Gasteiger partial charge in [-0.05, 0) is 36.8 Å². The fraction of sp³-hybridized carbons (Fsp3) is 0.286. The number of benzene rings is 3. The summed E-state index contributed by atoms with van der Waals surface area (Å²) in [5, 5.41) is 0. The first-order valence-corrected chi connectivity index (χ1v) is 11.7. The van der Waals surface area contributed by atoms with Crippen LogP contribution < -0.4 is 9.47 Å². The lowest BCUT2D eigenvalue weighted by molar-refractivity contribution is -0.129. The predicted octanol–water partition coefficient (Wildman–Crippen LogP) is 5.20. The summed E-state index contributed by atoms with van der Waals surface area (Å²) >= 11 is 0. The number of rotatable bonds is 8. The van der Waals surface area contributed by atoms with Crippen LogP contribution in [0.1, 0.15) is 36.7 Å². The number of fused-ring (bicyclic) bond motifs is 1. The van der Waals surface area contributed by atoms with Gasteiger partial charge in [-0.2, -0.15) is 0 Å². The Morgan fingerprint density at radius 2 is 1.68 bits per heavy atom. The smallest absolute Gasteiger partial charge is 0.223 e. The zero-order valence-electron chi connectivity index (χ0n) is 19.6. The van der Waals surface area contributed by atoms with Crippen molar-refractivity contribution in [3.05, 3.63) is 90.3 Å². The first-order chi connectivity index (χ1) is 16.7. The molecule has 6 nitrogen and oxygen atoms in total. The van der Waals surface area contributed by atoms with Gasteiger partial charge in [-0.25, -0.2) is 4.98 Å². The number of aromatic nitrogens is 2. The number of ether oxygens (including phenoxy) is 2. The summed E-state index contributed by atoms with van der Waals surface area (Å²) in [6.07, 6.45) is 0.466. The molecule has 0 bridgehead atoms. The summed E-state index contributed by atoms with van der Waals surface area (Å²) < 4.78 is 13.7. The molecule has 0 aliphatic carbocycles. The van der Waals surface area contributed by atoms with Crippen LogP contribution in [0.4, 0.5) is 0 Å². The number of nitrogens with zero attached hydrogens (tertiary/aromatic N) is 3. The lowest BCUT2D eigenvalue weighted by atomic mass is 10.1. The molecule has 5 rings (SSSR count). The van der Waals surface area contributed by atoms with Crippen molar-refractivity contribution < 1.29 is 14.3 Å². The van der Waals surface area contributed by atoms with Crippen LogP contribution in [-0.2, 0) is 11.3 Å². The molecule has 1 aromatic heterocycles. The second-order valence-corrected chi connectivity index (χ2v) is 8.64. The number of carbonyl (C=O) groups excluding carboxylic acids is 1. The van der Waals surface area contributed by atoms with E-state index in [1.165, 1.54) is 0 Å². The molecular weight excluding hydrogens is 426 g/mol. The van der Waals surface area contributed by atoms with E-state index in [9.17, 15) is 4.79 Å². The molecule has 4 aromatic rings. The van der Waals surface area contributed by atoms with Gasteiger partial charge in [0.15, 0.2) is 11.5 Å². The highest BCUT2D eigenvalue weighted by Gasteiger charge is 2.36. The van der Waals surface area contributed by atoms with Crippen LogP contribution in [-0.4, -0.2) is 40.6 Å². The minimum atomic E-state index is 0.0328. The molecule has 0 saturated carbocycles. The van der Waals surface area contributed by atoms with Crippen molar-refractivity contribution in [3.63, 3.8) is 0 Å². The topological polar surface area (TPSA) is 56.6 Å². The van der Waals surface area contributed by atoms with Crippen molar-refractivity contribution in [2.75, 3.05) is 20.3 Å². The average molecular weight is 456 g/mol. The Morgan fingerprint density at radius 3 is 2.47 bits per heavy atom. The molecule has 6 heteroatoms. The van der Waals surface area contributed by atoms with Crippen molar-refractivity contribution >= 4 is 16.9 Å². The van der Waals surface area contributed by atoms with Crippen molar-refractivity contribution in [2.24, 2.45) is 0 Å². The molecule has 174 valence electrons. The van der Waals surface area contributed by atoms with Gasteiger partial charge in [0.2, 0.25) is 5.91 Å². The third-order valence-electron chi connectivity index (χ3n) is 6.60. The number of para-hydroxylation sites is 4. The van der Waals surface area contributed by atoms with Crippen molar-refractivity contribution in [3.8, 4) is 11.5 Å². The molecule has 1 saturated heterocycles. The first kappa shape index (κ1) is 22.0. The van der Waals surface area contributed by atoms with Gasteiger partial charge in [0.05, 0.1) is 30.7 Å². The highest BCUT2D eigenvalue weighted by Crippen LogP contribution is 2.35. The Hall–Kier alpha value is -3.80. The van der Waals surface area contributed by atoms with E-state index in [2.05, 4.69) is 29.7 Å². The second kappa shape index (κ2) is 9.59. The highest BCUT2D eigenvalue weighted by atomic mass is 16.5. The van der Waals surface area contributed by atoms with Gasteiger partial charge in [0.1, 0.15) is 12.4 Å². The molecule has 1 aliphatic rings. The lowest BCUT2D eigenvalue weighted by Crippen LogP contribution is -2.28. The number of imidazole rings is 1. The van der Waals surface area contributed by atoms with Crippen LogP contribution in [0.25, 0.3) is 11.0 Å². The van der Waals surface area contributed by atoms with Gasteiger partial charge in [0, 0.05) is 18.9 Å². The molecule has 0 radical (unpaired) electrons. The molecule has 1 amide bonds. The summed E-state index contributed by atoms with van der Waals surface area (Å²) in [6, 6.07) is 26.0. The molecular formula is C28H29N3O3. The number of carbonyl (C=O) groups is 1. The molecule has 1 aliphatic heterocycles. The number of hydrogen-bond acceptors (Lipinski definition) is 4. The largest absolute Gasteiger partial charge is 0.493 e. The van der Waals surface area contributed by atoms with Gasteiger partial charge >= 0.3 is 0 Å². The van der Waals surface area contributed by atoms with E-state index in [4.69, 9.17) is 14.5 Å². The van der Waals surface area contributed by atoms with E-state index >= 15 is 0 Å². The first-order valence-electron chi connectivity index (χ1n) is 11.7. The minimum Gasteiger partial charge on any atom is -0.493 e. The van der Waals surface area contributed by atoms with Crippen LogP contribution in [0.3, 0.4) is 0 Å². The number of likely N-dealkylation sites (tertiary alicyclic amines) is 1. The van der Waals surface area contributed by atoms with Gasteiger partial charge in [-0.1, -0.05) is 54.6 Å². The molecule has 3 aromatic carbocycles. The third kappa shape index (κ3) is 4.23. The molecule has 2 unspecified atom stereocenters. The predicted molar refractivity (Wildman–Crippen MR) is 132 cm³/mol. The van der Waals surface area contributed by atoms with E-state index in [0.29, 0.717) is 31.9 Å². The fourth-order valence-electron chi connectivity index (χ4n) is 4.82. The zero-order valence-corrected chi connectivity index (χ0v) is 19.6. The molecule has 2 atom stereocenters. The molecule has 34 heavy (non-hydrogen) atoms. The van der Waals surface area contributed by atoms with Gasteiger partial charge in [0.25, 0.3) is 0 Å². The monoisotopic (exact) mass is 455 g/mol. The second-order valence-electron chi connectivity index (χ2n) is 8.64. The molecule has 1 fully saturated rings. The van der Waals surface area contributed by atoms with E-state index in [1.54, 1.807) is 7.11 Å². The van der Waals surface area contributed by atoms with Gasteiger partial charge in [-0.15, -0.1) is 0 Å². The summed E-state index contributed by atoms with van der Waals surface area (Å²) in [4.78, 5) is 20.0. The SMILES string of the molecule is COc1ccccc1OCCn1c(C2CC(=O)N(C(C)c3ccccc3)C2)nc2ccccc21. The average Bonchev–Trinajstić information content (AvgIpc) is 3.45. The van der Waals surface area contributed by atoms with E-state index in [1.807, 2.05) is 65.6 Å². The Kier molecular flexibility index (Phi) is 6.21. The summed E-state index contributed by atoms with van der Waals surface area (Å²) in [7, 11) is 1.64. The normalized spacial score (nSPS) is 16.7. The van der Waals surface area contributed by atoms with Crippen LogP contribution in [0, 0.1) is 0 Å². The van der Waals surface area contributed by atoms with Crippen LogP contribution in [0.5, 0.6) is 11.5 Å². The Balaban J connectivity index is 1.38. The maximum atomic E-state index is 13.0. The zero-order chi connectivity index (χ0) is 23.5. The Morgan fingerprint density at radius 1 is 0.971 bits per heavy atom. The molecule has 0 N–H and O–H groups in total. The fourth-order valence-corrected chi connectivity index (χ4v) is 4.82. The van der Waals surface area contributed by atoms with Gasteiger partial charge in [-0.3, -0.25) is 4.79 Å². The lowest BCUT2D eigenvalue weighted by Gasteiger charge is -2.25. The van der Waals surface area contributed by atoms with Crippen molar-refractivity contribution in [1.29, 1.82) is 0 Å². The summed E-state index contributed by atoms with van der Waals surface area (Å²) in [5.41, 5.74) is 3.15. The maximum Gasteiger partial charge on any atom is 0.223 e. The third-order valence-corrected chi connectivity index (χ3v) is 6.60. The van der Waals surface area contributed by atoms with Gasteiger partial charge < -0.3 is 18.9 Å². The van der Waals surface area contributed by atoms with E-state index in [-0.39, 0.29) is 17.9 Å².